The Labute approximate surface area is 133 Å². The maximum absolute atomic E-state index is 3.75. The fourth-order valence-corrected chi connectivity index (χ4v) is 3.86. The Balaban J connectivity index is 1.38. The first-order valence-electron chi connectivity index (χ1n) is 8.50. The second kappa shape index (κ2) is 6.23. The summed E-state index contributed by atoms with van der Waals surface area (Å²) in [5.41, 5.74) is 3.96. The standard InChI is InChI=1S/C20H24N2/c1-2-4-18(5-3-1)19-8-6-17(7-9-19)15-21-20-14-16-10-12-22(20)13-11-16/h1-9,16,20-21H,10-15H2. The van der Waals surface area contributed by atoms with E-state index in [1.165, 1.54) is 49.0 Å². The summed E-state index contributed by atoms with van der Waals surface area (Å²) >= 11 is 0. The number of hydrogen-bond donors (Lipinski definition) is 1. The van der Waals surface area contributed by atoms with E-state index < -0.39 is 0 Å². The number of hydrogen-bond acceptors (Lipinski definition) is 2. The molecule has 0 amide bonds. The summed E-state index contributed by atoms with van der Waals surface area (Å²) in [7, 11) is 0. The van der Waals surface area contributed by atoms with Gasteiger partial charge in [0.2, 0.25) is 0 Å². The maximum atomic E-state index is 3.75. The lowest BCUT2D eigenvalue weighted by Crippen LogP contribution is -2.54. The largest absolute Gasteiger partial charge is 0.298 e. The molecular formula is C20H24N2. The highest BCUT2D eigenvalue weighted by atomic mass is 15.3. The number of fused-ring (bicyclic) bond motifs is 3. The minimum Gasteiger partial charge on any atom is -0.298 e. The van der Waals surface area contributed by atoms with Gasteiger partial charge in [0.25, 0.3) is 0 Å². The van der Waals surface area contributed by atoms with Crippen LogP contribution < -0.4 is 5.32 Å². The molecule has 2 aromatic rings. The van der Waals surface area contributed by atoms with Crippen LogP contribution in [-0.4, -0.2) is 24.2 Å². The smallest absolute Gasteiger partial charge is 0.0602 e. The predicted molar refractivity (Wildman–Crippen MR) is 91.4 cm³/mol. The zero-order valence-corrected chi connectivity index (χ0v) is 13.0. The molecule has 2 heteroatoms. The molecule has 0 aromatic heterocycles. The van der Waals surface area contributed by atoms with Crippen molar-refractivity contribution < 1.29 is 0 Å². The van der Waals surface area contributed by atoms with Gasteiger partial charge < -0.3 is 0 Å². The quantitative estimate of drug-likeness (QED) is 0.920. The minimum atomic E-state index is 0.598. The molecule has 3 fully saturated rings. The van der Waals surface area contributed by atoms with Crippen molar-refractivity contribution in [2.24, 2.45) is 5.92 Å². The van der Waals surface area contributed by atoms with Crippen LogP contribution in [0.4, 0.5) is 0 Å². The minimum absolute atomic E-state index is 0.598. The Morgan fingerprint density at radius 3 is 2.18 bits per heavy atom. The van der Waals surface area contributed by atoms with Crippen LogP contribution in [0.3, 0.4) is 0 Å². The molecule has 3 aliphatic heterocycles. The molecule has 2 nitrogen and oxygen atoms in total. The number of nitrogens with zero attached hydrogens (tertiary/aromatic N) is 1. The summed E-state index contributed by atoms with van der Waals surface area (Å²) in [6, 6.07) is 19.6. The van der Waals surface area contributed by atoms with Crippen molar-refractivity contribution in [1.29, 1.82) is 0 Å². The van der Waals surface area contributed by atoms with Crippen molar-refractivity contribution in [3.8, 4) is 11.1 Å². The lowest BCUT2D eigenvalue weighted by atomic mass is 9.86. The van der Waals surface area contributed by atoms with Crippen LogP contribution in [0, 0.1) is 5.92 Å². The molecule has 5 rings (SSSR count). The average Bonchev–Trinajstić information content (AvgIpc) is 2.62. The van der Waals surface area contributed by atoms with Gasteiger partial charge in [0.15, 0.2) is 0 Å². The van der Waals surface area contributed by atoms with Crippen LogP contribution in [0.15, 0.2) is 54.6 Å². The summed E-state index contributed by atoms with van der Waals surface area (Å²) in [5.74, 6) is 0.961. The van der Waals surface area contributed by atoms with Crippen LogP contribution in [-0.2, 0) is 6.54 Å². The lowest BCUT2D eigenvalue weighted by molar-refractivity contribution is 0.0303. The number of piperidine rings is 3. The summed E-state index contributed by atoms with van der Waals surface area (Å²) < 4.78 is 0. The molecule has 0 saturated carbocycles. The molecule has 3 saturated heterocycles. The fraction of sp³-hybridized carbons (Fsp3) is 0.400. The van der Waals surface area contributed by atoms with Gasteiger partial charge in [0, 0.05) is 6.54 Å². The number of nitrogens with one attached hydrogen (secondary N) is 1. The Morgan fingerprint density at radius 2 is 1.55 bits per heavy atom. The van der Waals surface area contributed by atoms with E-state index in [9.17, 15) is 0 Å². The van der Waals surface area contributed by atoms with Gasteiger partial charge >= 0.3 is 0 Å². The van der Waals surface area contributed by atoms with Crippen LogP contribution in [0.2, 0.25) is 0 Å². The first-order chi connectivity index (χ1) is 10.9. The monoisotopic (exact) mass is 292 g/mol. The molecule has 0 aliphatic carbocycles. The van der Waals surface area contributed by atoms with Crippen molar-refractivity contribution in [3.63, 3.8) is 0 Å². The van der Waals surface area contributed by atoms with Gasteiger partial charge in [-0.25, -0.2) is 0 Å². The van der Waals surface area contributed by atoms with Gasteiger partial charge in [-0.15, -0.1) is 0 Å². The van der Waals surface area contributed by atoms with Crippen molar-refractivity contribution in [1.82, 2.24) is 10.2 Å². The van der Waals surface area contributed by atoms with E-state index in [4.69, 9.17) is 0 Å². The summed E-state index contributed by atoms with van der Waals surface area (Å²) in [4.78, 5) is 2.62. The first kappa shape index (κ1) is 14.0. The summed E-state index contributed by atoms with van der Waals surface area (Å²) in [5, 5.41) is 3.75. The molecule has 2 aromatic carbocycles. The maximum Gasteiger partial charge on any atom is 0.0602 e. The van der Waals surface area contributed by atoms with Gasteiger partial charge in [0.1, 0.15) is 0 Å². The highest BCUT2D eigenvalue weighted by Crippen LogP contribution is 2.30. The lowest BCUT2D eigenvalue weighted by Gasteiger charge is -2.45. The molecule has 114 valence electrons. The van der Waals surface area contributed by atoms with E-state index >= 15 is 0 Å². The van der Waals surface area contributed by atoms with Crippen molar-refractivity contribution in [3.05, 3.63) is 60.2 Å². The zero-order valence-electron chi connectivity index (χ0n) is 13.0. The highest BCUT2D eigenvalue weighted by Gasteiger charge is 2.32. The van der Waals surface area contributed by atoms with Gasteiger partial charge in [-0.1, -0.05) is 54.6 Å². The summed E-state index contributed by atoms with van der Waals surface area (Å²) in [6.07, 6.45) is 4.75. The molecule has 3 heterocycles. The molecule has 3 aliphatic rings. The molecule has 1 atom stereocenters. The molecule has 0 spiro atoms. The molecule has 1 N–H and O–H groups in total. The fourth-order valence-electron chi connectivity index (χ4n) is 3.86. The topological polar surface area (TPSA) is 15.3 Å². The third kappa shape index (κ3) is 2.94. The van der Waals surface area contributed by atoms with E-state index in [1.807, 2.05) is 0 Å². The zero-order chi connectivity index (χ0) is 14.8. The molecular weight excluding hydrogens is 268 g/mol. The SMILES string of the molecule is c1ccc(-c2ccc(CNC3CC4CCN3CC4)cc2)cc1. The van der Waals surface area contributed by atoms with Crippen LogP contribution >= 0.6 is 0 Å². The Hall–Kier alpha value is -1.64. The molecule has 22 heavy (non-hydrogen) atoms. The number of rotatable bonds is 4. The summed E-state index contributed by atoms with van der Waals surface area (Å²) in [6.45, 7) is 3.55. The Kier molecular flexibility index (Phi) is 3.96. The third-order valence-electron chi connectivity index (χ3n) is 5.25. The Bertz CT molecular complexity index is 597. The highest BCUT2D eigenvalue weighted by molar-refractivity contribution is 5.63. The second-order valence-corrected chi connectivity index (χ2v) is 6.67. The van der Waals surface area contributed by atoms with E-state index in [-0.39, 0.29) is 0 Å². The van der Waals surface area contributed by atoms with E-state index in [0.29, 0.717) is 6.17 Å². The number of benzene rings is 2. The van der Waals surface area contributed by atoms with E-state index in [2.05, 4.69) is 64.8 Å². The molecule has 0 radical (unpaired) electrons. The molecule has 1 unspecified atom stereocenters. The van der Waals surface area contributed by atoms with Crippen LogP contribution in [0.5, 0.6) is 0 Å². The Morgan fingerprint density at radius 1 is 0.864 bits per heavy atom. The van der Waals surface area contributed by atoms with Gasteiger partial charge in [0.05, 0.1) is 6.17 Å². The van der Waals surface area contributed by atoms with Crippen LogP contribution in [0.1, 0.15) is 24.8 Å². The van der Waals surface area contributed by atoms with Gasteiger partial charge in [-0.2, -0.15) is 0 Å². The van der Waals surface area contributed by atoms with Crippen molar-refractivity contribution >= 4 is 0 Å². The first-order valence-corrected chi connectivity index (χ1v) is 8.50. The van der Waals surface area contributed by atoms with Crippen molar-refractivity contribution in [2.45, 2.75) is 32.0 Å². The third-order valence-corrected chi connectivity index (χ3v) is 5.25. The van der Waals surface area contributed by atoms with Gasteiger partial charge in [-0.05, 0) is 55.0 Å². The van der Waals surface area contributed by atoms with E-state index in [1.54, 1.807) is 0 Å². The van der Waals surface area contributed by atoms with Crippen LogP contribution in [0.25, 0.3) is 11.1 Å². The van der Waals surface area contributed by atoms with Gasteiger partial charge in [-0.3, -0.25) is 10.2 Å². The van der Waals surface area contributed by atoms with Crippen molar-refractivity contribution in [2.75, 3.05) is 13.1 Å². The predicted octanol–water partition coefficient (Wildman–Crippen LogP) is 3.89. The average molecular weight is 292 g/mol. The second-order valence-electron chi connectivity index (χ2n) is 6.67. The normalized spacial score (nSPS) is 27.0. The van der Waals surface area contributed by atoms with E-state index in [0.717, 1.165) is 12.5 Å². The molecule has 2 bridgehead atoms.